The fourth-order valence-electron chi connectivity index (χ4n) is 4.20. The highest BCUT2D eigenvalue weighted by Gasteiger charge is 2.23. The Kier molecular flexibility index (Phi) is 6.78. The van der Waals surface area contributed by atoms with Gasteiger partial charge in [-0.2, -0.15) is 0 Å². The van der Waals surface area contributed by atoms with Crippen molar-refractivity contribution < 1.29 is 9.59 Å². The number of rotatable bonds is 6. The Balaban J connectivity index is 1.64. The van der Waals surface area contributed by atoms with Gasteiger partial charge in [-0.15, -0.1) is 0 Å². The number of hydrogen-bond acceptors (Lipinski definition) is 3. The molecule has 0 radical (unpaired) electrons. The standard InChI is InChI=1S/C28H31N3O2/c1-4-20(3)29-28(33)25-17-23(30-27(32)24-12-8-5-9-19(24)2)13-14-26(25)31-16-15-21-10-6-7-11-22(21)18-31/h5-14,17,20H,4,15-16,18H2,1-3H3,(H,29,33)(H,30,32). The number of nitrogens with zero attached hydrogens (tertiary/aromatic N) is 1. The molecule has 0 aromatic heterocycles. The number of anilines is 2. The largest absolute Gasteiger partial charge is 0.366 e. The van der Waals surface area contributed by atoms with Crippen molar-refractivity contribution in [2.45, 2.75) is 46.2 Å². The highest BCUT2D eigenvalue weighted by Crippen LogP contribution is 2.30. The number of aryl methyl sites for hydroxylation is 1. The first-order valence-corrected chi connectivity index (χ1v) is 11.6. The SMILES string of the molecule is CCC(C)NC(=O)c1cc(NC(=O)c2ccccc2C)ccc1N1CCc2ccccc2C1. The molecule has 0 spiro atoms. The molecule has 1 heterocycles. The lowest BCUT2D eigenvalue weighted by Crippen LogP contribution is -2.35. The van der Waals surface area contributed by atoms with Crippen molar-refractivity contribution in [1.29, 1.82) is 0 Å². The van der Waals surface area contributed by atoms with Crippen molar-refractivity contribution in [3.05, 3.63) is 94.5 Å². The molecule has 0 fully saturated rings. The van der Waals surface area contributed by atoms with E-state index in [9.17, 15) is 9.59 Å². The molecule has 0 saturated carbocycles. The minimum Gasteiger partial charge on any atom is -0.366 e. The first-order chi connectivity index (χ1) is 16.0. The minimum absolute atomic E-state index is 0.0673. The molecule has 1 aliphatic rings. The summed E-state index contributed by atoms with van der Waals surface area (Å²) in [5.41, 5.74) is 6.26. The summed E-state index contributed by atoms with van der Waals surface area (Å²) in [6.45, 7) is 7.56. The van der Waals surface area contributed by atoms with Gasteiger partial charge in [-0.1, -0.05) is 49.4 Å². The second-order valence-electron chi connectivity index (χ2n) is 8.72. The summed E-state index contributed by atoms with van der Waals surface area (Å²) in [6.07, 6.45) is 1.79. The van der Waals surface area contributed by atoms with Gasteiger partial charge in [0.2, 0.25) is 0 Å². The minimum atomic E-state index is -0.180. The van der Waals surface area contributed by atoms with Gasteiger partial charge in [0.15, 0.2) is 0 Å². The second kappa shape index (κ2) is 9.90. The lowest BCUT2D eigenvalue weighted by atomic mass is 9.98. The molecule has 170 valence electrons. The van der Waals surface area contributed by atoms with Crippen LogP contribution in [0.1, 0.15) is 57.7 Å². The fourth-order valence-corrected chi connectivity index (χ4v) is 4.20. The maximum absolute atomic E-state index is 13.2. The number of carbonyl (C=O) groups is 2. The van der Waals surface area contributed by atoms with Crippen LogP contribution in [0.5, 0.6) is 0 Å². The van der Waals surface area contributed by atoms with E-state index in [0.717, 1.165) is 37.2 Å². The molecule has 3 aromatic carbocycles. The van der Waals surface area contributed by atoms with Gasteiger partial charge < -0.3 is 15.5 Å². The topological polar surface area (TPSA) is 61.4 Å². The smallest absolute Gasteiger partial charge is 0.255 e. The van der Waals surface area contributed by atoms with Gasteiger partial charge in [-0.3, -0.25) is 9.59 Å². The molecular weight excluding hydrogens is 410 g/mol. The van der Waals surface area contributed by atoms with Crippen molar-refractivity contribution in [3.8, 4) is 0 Å². The van der Waals surface area contributed by atoms with E-state index in [1.807, 2.05) is 51.1 Å². The Bertz CT molecular complexity index is 1170. The molecule has 4 rings (SSSR count). The van der Waals surface area contributed by atoms with E-state index in [-0.39, 0.29) is 17.9 Å². The first-order valence-electron chi connectivity index (χ1n) is 11.6. The zero-order valence-corrected chi connectivity index (χ0v) is 19.5. The van der Waals surface area contributed by atoms with Crippen LogP contribution in [0.15, 0.2) is 66.7 Å². The summed E-state index contributed by atoms with van der Waals surface area (Å²) in [5.74, 6) is -0.300. The Labute approximate surface area is 195 Å². The number of fused-ring (bicyclic) bond motifs is 1. The van der Waals surface area contributed by atoms with Crippen LogP contribution < -0.4 is 15.5 Å². The number of benzene rings is 3. The van der Waals surface area contributed by atoms with Crippen LogP contribution in [0.2, 0.25) is 0 Å². The molecular formula is C28H31N3O2. The van der Waals surface area contributed by atoms with Crippen molar-refractivity contribution in [1.82, 2.24) is 5.32 Å². The third-order valence-electron chi connectivity index (χ3n) is 6.35. The number of nitrogens with one attached hydrogen (secondary N) is 2. The molecule has 2 N–H and O–H groups in total. The normalized spacial score (nSPS) is 13.7. The molecule has 1 atom stereocenters. The van der Waals surface area contributed by atoms with Crippen LogP contribution in [0.25, 0.3) is 0 Å². The van der Waals surface area contributed by atoms with Crippen molar-refractivity contribution in [2.75, 3.05) is 16.8 Å². The average Bonchev–Trinajstić information content (AvgIpc) is 2.83. The zero-order chi connectivity index (χ0) is 23.4. The average molecular weight is 442 g/mol. The molecule has 1 unspecified atom stereocenters. The highest BCUT2D eigenvalue weighted by molar-refractivity contribution is 6.07. The van der Waals surface area contributed by atoms with Crippen LogP contribution in [0.4, 0.5) is 11.4 Å². The van der Waals surface area contributed by atoms with Crippen molar-refractivity contribution in [3.63, 3.8) is 0 Å². The molecule has 1 aliphatic heterocycles. The van der Waals surface area contributed by atoms with Crippen LogP contribution >= 0.6 is 0 Å². The Morgan fingerprint density at radius 3 is 2.42 bits per heavy atom. The monoisotopic (exact) mass is 441 g/mol. The lowest BCUT2D eigenvalue weighted by molar-refractivity contribution is 0.0938. The maximum Gasteiger partial charge on any atom is 0.255 e. The molecule has 33 heavy (non-hydrogen) atoms. The van der Waals surface area contributed by atoms with E-state index in [0.29, 0.717) is 16.8 Å². The third kappa shape index (κ3) is 5.08. The predicted octanol–water partition coefficient (Wildman–Crippen LogP) is 5.34. The summed E-state index contributed by atoms with van der Waals surface area (Å²) in [5, 5.41) is 6.06. The predicted molar refractivity (Wildman–Crippen MR) is 134 cm³/mol. The van der Waals surface area contributed by atoms with E-state index in [1.54, 1.807) is 12.1 Å². The molecule has 5 nitrogen and oxygen atoms in total. The van der Waals surface area contributed by atoms with Crippen molar-refractivity contribution >= 4 is 23.2 Å². The van der Waals surface area contributed by atoms with Gasteiger partial charge in [0, 0.05) is 36.1 Å². The molecule has 2 amide bonds. The summed E-state index contributed by atoms with van der Waals surface area (Å²) >= 11 is 0. The van der Waals surface area contributed by atoms with Gasteiger partial charge in [0.1, 0.15) is 0 Å². The lowest BCUT2D eigenvalue weighted by Gasteiger charge is -2.32. The molecule has 0 bridgehead atoms. The van der Waals surface area contributed by atoms with Crippen LogP contribution in [-0.4, -0.2) is 24.4 Å². The Morgan fingerprint density at radius 1 is 0.939 bits per heavy atom. The summed E-state index contributed by atoms with van der Waals surface area (Å²) in [6, 6.07) is 21.6. The summed E-state index contributed by atoms with van der Waals surface area (Å²) < 4.78 is 0. The maximum atomic E-state index is 13.2. The van der Waals surface area contributed by atoms with Crippen LogP contribution in [-0.2, 0) is 13.0 Å². The number of carbonyl (C=O) groups excluding carboxylic acids is 2. The van der Waals surface area contributed by atoms with Gasteiger partial charge in [-0.25, -0.2) is 0 Å². The Hall–Kier alpha value is -3.60. The van der Waals surface area contributed by atoms with E-state index < -0.39 is 0 Å². The van der Waals surface area contributed by atoms with E-state index in [4.69, 9.17) is 0 Å². The van der Waals surface area contributed by atoms with Crippen LogP contribution in [0.3, 0.4) is 0 Å². The first kappa shape index (κ1) is 22.6. The Morgan fingerprint density at radius 2 is 1.67 bits per heavy atom. The third-order valence-corrected chi connectivity index (χ3v) is 6.35. The second-order valence-corrected chi connectivity index (χ2v) is 8.72. The van der Waals surface area contributed by atoms with E-state index >= 15 is 0 Å². The van der Waals surface area contributed by atoms with Crippen molar-refractivity contribution in [2.24, 2.45) is 0 Å². The van der Waals surface area contributed by atoms with E-state index in [1.165, 1.54) is 11.1 Å². The summed E-state index contributed by atoms with van der Waals surface area (Å²) in [4.78, 5) is 28.3. The van der Waals surface area contributed by atoms with E-state index in [2.05, 4.69) is 39.8 Å². The summed E-state index contributed by atoms with van der Waals surface area (Å²) in [7, 11) is 0. The number of amides is 2. The van der Waals surface area contributed by atoms with Gasteiger partial charge in [0.05, 0.1) is 5.56 Å². The quantitative estimate of drug-likeness (QED) is 0.543. The van der Waals surface area contributed by atoms with Gasteiger partial charge >= 0.3 is 0 Å². The molecule has 5 heteroatoms. The molecule has 3 aromatic rings. The zero-order valence-electron chi connectivity index (χ0n) is 19.5. The molecule has 0 aliphatic carbocycles. The van der Waals surface area contributed by atoms with Gasteiger partial charge in [-0.05, 0) is 67.6 Å². The molecule has 0 saturated heterocycles. The highest BCUT2D eigenvalue weighted by atomic mass is 16.2. The van der Waals surface area contributed by atoms with Crippen LogP contribution in [0, 0.1) is 6.92 Å². The number of hydrogen-bond donors (Lipinski definition) is 2. The van der Waals surface area contributed by atoms with Gasteiger partial charge in [0.25, 0.3) is 11.8 Å². The fraction of sp³-hybridized carbons (Fsp3) is 0.286.